The minimum absolute atomic E-state index is 0.0331. The zero-order valence-corrected chi connectivity index (χ0v) is 10.7. The summed E-state index contributed by atoms with van der Waals surface area (Å²) >= 11 is 0. The smallest absolute Gasteiger partial charge is 0.230 e. The maximum absolute atomic E-state index is 9.14. The van der Waals surface area contributed by atoms with Gasteiger partial charge in [0.25, 0.3) is 0 Å². The van der Waals surface area contributed by atoms with Crippen LogP contribution >= 0.6 is 0 Å². The Labute approximate surface area is 115 Å². The Bertz CT molecular complexity index is 759. The van der Waals surface area contributed by atoms with E-state index in [0.717, 1.165) is 16.5 Å². The van der Waals surface area contributed by atoms with Crippen LogP contribution in [0.1, 0.15) is 5.56 Å². The number of rotatable bonds is 3. The summed E-state index contributed by atoms with van der Waals surface area (Å²) < 4.78 is 5.77. The zero-order chi connectivity index (χ0) is 13.9. The average Bonchev–Trinajstić information content (AvgIpc) is 2.48. The molecular weight excluding hydrogens is 254 g/mol. The molecule has 1 heterocycles. The fourth-order valence-corrected chi connectivity index (χ4v) is 1.95. The largest absolute Gasteiger partial charge is 0.438 e. The van der Waals surface area contributed by atoms with E-state index < -0.39 is 0 Å². The number of fused-ring (bicyclic) bond motifs is 1. The van der Waals surface area contributed by atoms with Crippen LogP contribution in [0.5, 0.6) is 11.6 Å². The Kier molecular flexibility index (Phi) is 3.18. The van der Waals surface area contributed by atoms with Crippen molar-refractivity contribution in [3.05, 3.63) is 54.4 Å². The number of ether oxygens (including phenoxy) is 1. The molecule has 100 valence electrons. The van der Waals surface area contributed by atoms with E-state index in [1.807, 2.05) is 18.2 Å². The lowest BCUT2D eigenvalue weighted by Gasteiger charge is -2.08. The zero-order valence-electron chi connectivity index (χ0n) is 10.7. The van der Waals surface area contributed by atoms with Crippen molar-refractivity contribution >= 4 is 16.6 Å². The first-order valence-electron chi connectivity index (χ1n) is 6.14. The van der Waals surface area contributed by atoms with E-state index in [2.05, 4.69) is 9.97 Å². The number of anilines is 1. The van der Waals surface area contributed by atoms with Crippen molar-refractivity contribution in [3.8, 4) is 11.6 Å². The summed E-state index contributed by atoms with van der Waals surface area (Å²) in [4.78, 5) is 8.32. The van der Waals surface area contributed by atoms with E-state index in [-0.39, 0.29) is 6.61 Å². The van der Waals surface area contributed by atoms with Crippen molar-refractivity contribution in [2.75, 3.05) is 5.73 Å². The first-order chi connectivity index (χ1) is 9.76. The van der Waals surface area contributed by atoms with Gasteiger partial charge in [0, 0.05) is 5.69 Å². The minimum atomic E-state index is -0.0331. The fraction of sp³-hybridized carbons (Fsp3) is 0.0667. The standard InChI is InChI=1S/C15H13N3O2/c16-11-4-5-14-13(7-11)15(18-9-17-14)20-12-3-1-2-10(6-12)8-19/h1-7,9,19H,8,16H2. The predicted molar refractivity (Wildman–Crippen MR) is 76.4 cm³/mol. The third-order valence-corrected chi connectivity index (χ3v) is 2.92. The molecule has 0 amide bonds. The van der Waals surface area contributed by atoms with Crippen LogP contribution in [-0.4, -0.2) is 15.1 Å². The lowest BCUT2D eigenvalue weighted by molar-refractivity contribution is 0.281. The summed E-state index contributed by atoms with van der Waals surface area (Å²) in [5, 5.41) is 9.89. The number of benzene rings is 2. The van der Waals surface area contributed by atoms with Gasteiger partial charge in [-0.15, -0.1) is 0 Å². The Balaban J connectivity index is 2.03. The molecule has 0 aliphatic carbocycles. The van der Waals surface area contributed by atoms with E-state index in [9.17, 15) is 0 Å². The molecule has 1 aromatic heterocycles. The molecule has 0 aliphatic heterocycles. The van der Waals surface area contributed by atoms with E-state index >= 15 is 0 Å². The third kappa shape index (κ3) is 2.39. The van der Waals surface area contributed by atoms with Crippen LogP contribution in [0.4, 0.5) is 5.69 Å². The number of hydrogen-bond acceptors (Lipinski definition) is 5. The molecule has 3 N–H and O–H groups in total. The molecule has 0 aliphatic rings. The molecule has 0 saturated carbocycles. The lowest BCUT2D eigenvalue weighted by Crippen LogP contribution is -1.93. The van der Waals surface area contributed by atoms with Crippen molar-refractivity contribution in [3.63, 3.8) is 0 Å². The highest BCUT2D eigenvalue weighted by atomic mass is 16.5. The number of aliphatic hydroxyl groups excluding tert-OH is 1. The van der Waals surface area contributed by atoms with Crippen LogP contribution < -0.4 is 10.5 Å². The van der Waals surface area contributed by atoms with E-state index in [4.69, 9.17) is 15.6 Å². The van der Waals surface area contributed by atoms with Crippen LogP contribution in [0.2, 0.25) is 0 Å². The van der Waals surface area contributed by atoms with Gasteiger partial charge in [0.1, 0.15) is 12.1 Å². The molecule has 0 saturated heterocycles. The highest BCUT2D eigenvalue weighted by Crippen LogP contribution is 2.28. The van der Waals surface area contributed by atoms with E-state index in [0.29, 0.717) is 17.3 Å². The van der Waals surface area contributed by atoms with Gasteiger partial charge in [-0.2, -0.15) is 0 Å². The van der Waals surface area contributed by atoms with Crippen molar-refractivity contribution in [1.29, 1.82) is 0 Å². The lowest BCUT2D eigenvalue weighted by atomic mass is 10.2. The molecule has 0 radical (unpaired) electrons. The Morgan fingerprint density at radius 1 is 1.10 bits per heavy atom. The molecule has 0 unspecified atom stereocenters. The van der Waals surface area contributed by atoms with Crippen LogP contribution in [0.15, 0.2) is 48.8 Å². The van der Waals surface area contributed by atoms with Gasteiger partial charge in [-0.05, 0) is 35.9 Å². The highest BCUT2D eigenvalue weighted by Gasteiger charge is 2.07. The van der Waals surface area contributed by atoms with Gasteiger partial charge >= 0.3 is 0 Å². The van der Waals surface area contributed by atoms with Crippen molar-refractivity contribution < 1.29 is 9.84 Å². The molecule has 2 aromatic carbocycles. The Hall–Kier alpha value is -2.66. The van der Waals surface area contributed by atoms with Crippen molar-refractivity contribution in [2.45, 2.75) is 6.61 Å². The van der Waals surface area contributed by atoms with Gasteiger partial charge in [0.2, 0.25) is 5.88 Å². The highest BCUT2D eigenvalue weighted by molar-refractivity contribution is 5.86. The van der Waals surface area contributed by atoms with Gasteiger partial charge in [-0.1, -0.05) is 12.1 Å². The van der Waals surface area contributed by atoms with Gasteiger partial charge in [-0.3, -0.25) is 0 Å². The summed E-state index contributed by atoms with van der Waals surface area (Å²) in [6.07, 6.45) is 1.45. The normalized spacial score (nSPS) is 10.7. The quantitative estimate of drug-likeness (QED) is 0.712. The maximum atomic E-state index is 9.14. The maximum Gasteiger partial charge on any atom is 0.230 e. The van der Waals surface area contributed by atoms with Crippen LogP contribution in [0, 0.1) is 0 Å². The molecular formula is C15H13N3O2. The molecule has 3 rings (SSSR count). The molecule has 0 bridgehead atoms. The van der Waals surface area contributed by atoms with E-state index in [1.54, 1.807) is 24.3 Å². The summed E-state index contributed by atoms with van der Waals surface area (Å²) in [5.74, 6) is 1.05. The summed E-state index contributed by atoms with van der Waals surface area (Å²) in [6, 6.07) is 12.6. The molecule has 20 heavy (non-hydrogen) atoms. The number of hydrogen-bond donors (Lipinski definition) is 2. The third-order valence-electron chi connectivity index (χ3n) is 2.92. The molecule has 0 fully saturated rings. The molecule has 0 atom stereocenters. The topological polar surface area (TPSA) is 81.3 Å². The van der Waals surface area contributed by atoms with E-state index in [1.165, 1.54) is 6.33 Å². The summed E-state index contributed by atoms with van der Waals surface area (Å²) in [7, 11) is 0. The molecule has 3 aromatic rings. The Morgan fingerprint density at radius 2 is 2.00 bits per heavy atom. The van der Waals surface area contributed by atoms with Gasteiger partial charge in [0.15, 0.2) is 0 Å². The number of nitrogens with zero attached hydrogens (tertiary/aromatic N) is 2. The molecule has 0 spiro atoms. The van der Waals surface area contributed by atoms with Crippen LogP contribution in [0.3, 0.4) is 0 Å². The second-order valence-corrected chi connectivity index (χ2v) is 4.36. The number of aromatic nitrogens is 2. The molecule has 5 heteroatoms. The van der Waals surface area contributed by atoms with Gasteiger partial charge in [0.05, 0.1) is 17.5 Å². The van der Waals surface area contributed by atoms with Crippen molar-refractivity contribution in [1.82, 2.24) is 9.97 Å². The summed E-state index contributed by atoms with van der Waals surface area (Å²) in [6.45, 7) is -0.0331. The van der Waals surface area contributed by atoms with Crippen LogP contribution in [-0.2, 0) is 6.61 Å². The molecule has 5 nitrogen and oxygen atoms in total. The fourth-order valence-electron chi connectivity index (χ4n) is 1.95. The number of aliphatic hydroxyl groups is 1. The predicted octanol–water partition coefficient (Wildman–Crippen LogP) is 2.50. The van der Waals surface area contributed by atoms with Crippen LogP contribution in [0.25, 0.3) is 10.9 Å². The van der Waals surface area contributed by atoms with Crippen molar-refractivity contribution in [2.24, 2.45) is 0 Å². The number of nitrogen functional groups attached to an aromatic ring is 1. The second-order valence-electron chi connectivity index (χ2n) is 4.36. The monoisotopic (exact) mass is 267 g/mol. The SMILES string of the molecule is Nc1ccc2ncnc(Oc3cccc(CO)c3)c2c1. The number of nitrogens with two attached hydrogens (primary N) is 1. The second kappa shape index (κ2) is 5.14. The van der Waals surface area contributed by atoms with Gasteiger partial charge < -0.3 is 15.6 Å². The first kappa shape index (κ1) is 12.4. The minimum Gasteiger partial charge on any atom is -0.438 e. The summed E-state index contributed by atoms with van der Waals surface area (Å²) in [5.41, 5.74) is 7.96. The average molecular weight is 267 g/mol. The first-order valence-corrected chi connectivity index (χ1v) is 6.14. The van der Waals surface area contributed by atoms with Gasteiger partial charge in [-0.25, -0.2) is 9.97 Å². The Morgan fingerprint density at radius 3 is 2.85 bits per heavy atom.